The van der Waals surface area contributed by atoms with Gasteiger partial charge in [0.1, 0.15) is 5.69 Å². The topological polar surface area (TPSA) is 86.8 Å². The summed E-state index contributed by atoms with van der Waals surface area (Å²) in [6, 6.07) is 8.39. The Balaban J connectivity index is 2.15. The third-order valence-electron chi connectivity index (χ3n) is 4.23. The lowest BCUT2D eigenvalue weighted by Crippen LogP contribution is -2.28. The van der Waals surface area contributed by atoms with Crippen LogP contribution in [0.3, 0.4) is 0 Å². The summed E-state index contributed by atoms with van der Waals surface area (Å²) >= 11 is 0. The number of nitrogens with one attached hydrogen (secondary N) is 1. The summed E-state index contributed by atoms with van der Waals surface area (Å²) in [6.07, 6.45) is 0. The van der Waals surface area contributed by atoms with Gasteiger partial charge in [-0.15, -0.1) is 0 Å². The van der Waals surface area contributed by atoms with Crippen LogP contribution < -0.4 is 14.8 Å². The lowest BCUT2D eigenvalue weighted by molar-refractivity contribution is 0.0524. The molecular weight excluding hydrogens is 372 g/mol. The van der Waals surface area contributed by atoms with E-state index < -0.39 is 5.97 Å². The number of benzene rings is 1. The Hall–Kier alpha value is -3.09. The van der Waals surface area contributed by atoms with E-state index in [2.05, 4.69) is 10.3 Å². The van der Waals surface area contributed by atoms with Gasteiger partial charge in [-0.2, -0.15) is 0 Å². The van der Waals surface area contributed by atoms with Gasteiger partial charge < -0.3 is 19.5 Å². The summed E-state index contributed by atoms with van der Waals surface area (Å²) in [6.45, 7) is 10.4. The molecule has 2 rings (SSSR count). The largest absolute Gasteiger partial charge is 0.490 e. The Bertz CT molecular complexity index is 866. The number of ether oxygens (including phenoxy) is 3. The zero-order chi connectivity index (χ0) is 21.4. The van der Waals surface area contributed by atoms with E-state index in [1.54, 1.807) is 19.9 Å². The molecule has 0 saturated carbocycles. The average Bonchev–Trinajstić information content (AvgIpc) is 2.69. The van der Waals surface area contributed by atoms with Gasteiger partial charge in [-0.1, -0.05) is 6.07 Å². The summed E-state index contributed by atoms with van der Waals surface area (Å²) in [4.78, 5) is 28.8. The number of hydrogen-bond donors (Lipinski definition) is 1. The predicted octanol–water partition coefficient (Wildman–Crippen LogP) is 3.86. The summed E-state index contributed by atoms with van der Waals surface area (Å²) in [5, 5.41) is 2.92. The fourth-order valence-electron chi connectivity index (χ4n) is 2.80. The zero-order valence-corrected chi connectivity index (χ0v) is 17.6. The Morgan fingerprint density at radius 3 is 2.31 bits per heavy atom. The van der Waals surface area contributed by atoms with E-state index in [0.29, 0.717) is 36.0 Å². The van der Waals surface area contributed by atoms with Crippen molar-refractivity contribution < 1.29 is 23.8 Å². The second-order valence-corrected chi connectivity index (χ2v) is 6.32. The van der Waals surface area contributed by atoms with Gasteiger partial charge in [-0.05, 0) is 64.4 Å². The van der Waals surface area contributed by atoms with E-state index in [1.165, 1.54) is 6.07 Å². The highest BCUT2D eigenvalue weighted by molar-refractivity contribution is 5.95. The minimum atomic E-state index is -0.448. The smallest absolute Gasteiger partial charge is 0.339 e. The van der Waals surface area contributed by atoms with Crippen molar-refractivity contribution in [1.82, 2.24) is 10.3 Å². The van der Waals surface area contributed by atoms with Crippen molar-refractivity contribution >= 4 is 11.9 Å². The van der Waals surface area contributed by atoms with Gasteiger partial charge in [0.15, 0.2) is 11.5 Å². The maximum Gasteiger partial charge on any atom is 0.339 e. The number of pyridine rings is 1. The first kappa shape index (κ1) is 22.2. The number of amides is 1. The Kier molecular flexibility index (Phi) is 8.00. The molecule has 0 aliphatic rings. The fraction of sp³-hybridized carbons (Fsp3) is 0.409. The molecule has 1 aromatic heterocycles. The lowest BCUT2D eigenvalue weighted by Gasteiger charge is -2.17. The second-order valence-electron chi connectivity index (χ2n) is 6.32. The van der Waals surface area contributed by atoms with Crippen LogP contribution in [0.5, 0.6) is 11.5 Å². The van der Waals surface area contributed by atoms with Crippen molar-refractivity contribution in [2.45, 2.75) is 40.7 Å². The molecule has 0 bridgehead atoms. The van der Waals surface area contributed by atoms with E-state index in [0.717, 1.165) is 5.56 Å². The number of aromatic nitrogens is 1. The molecule has 0 spiro atoms. The van der Waals surface area contributed by atoms with Gasteiger partial charge in [0.2, 0.25) is 0 Å². The van der Waals surface area contributed by atoms with Crippen LogP contribution in [0, 0.1) is 6.92 Å². The first-order chi connectivity index (χ1) is 13.9. The van der Waals surface area contributed by atoms with Gasteiger partial charge in [-0.25, -0.2) is 9.78 Å². The van der Waals surface area contributed by atoms with Crippen LogP contribution in [0.25, 0.3) is 0 Å². The fourth-order valence-corrected chi connectivity index (χ4v) is 2.80. The van der Waals surface area contributed by atoms with Crippen molar-refractivity contribution in [3.05, 3.63) is 52.8 Å². The predicted molar refractivity (Wildman–Crippen MR) is 110 cm³/mol. The number of carbonyl (C=O) groups excluding carboxylic acids is 2. The van der Waals surface area contributed by atoms with Gasteiger partial charge in [0.05, 0.1) is 37.1 Å². The summed E-state index contributed by atoms with van der Waals surface area (Å²) < 4.78 is 16.2. The molecule has 1 unspecified atom stereocenters. The molecule has 1 amide bonds. The molecule has 1 N–H and O–H groups in total. The number of esters is 1. The Morgan fingerprint density at radius 1 is 1.00 bits per heavy atom. The summed E-state index contributed by atoms with van der Waals surface area (Å²) in [5.74, 6) is 0.530. The Morgan fingerprint density at radius 2 is 1.69 bits per heavy atom. The van der Waals surface area contributed by atoms with Crippen molar-refractivity contribution in [3.8, 4) is 11.5 Å². The maximum atomic E-state index is 12.6. The highest BCUT2D eigenvalue weighted by atomic mass is 16.5. The number of nitrogens with zero attached hydrogens (tertiary/aromatic N) is 1. The number of carbonyl (C=O) groups is 2. The van der Waals surface area contributed by atoms with E-state index in [4.69, 9.17) is 14.2 Å². The minimum absolute atomic E-state index is 0.235. The summed E-state index contributed by atoms with van der Waals surface area (Å²) in [5.41, 5.74) is 1.91. The third kappa shape index (κ3) is 5.70. The van der Waals surface area contributed by atoms with Crippen molar-refractivity contribution in [3.63, 3.8) is 0 Å². The van der Waals surface area contributed by atoms with E-state index in [9.17, 15) is 9.59 Å². The van der Waals surface area contributed by atoms with Crippen LogP contribution in [0.4, 0.5) is 0 Å². The molecule has 1 atom stereocenters. The minimum Gasteiger partial charge on any atom is -0.490 e. The third-order valence-corrected chi connectivity index (χ3v) is 4.23. The highest BCUT2D eigenvalue weighted by Gasteiger charge is 2.18. The second kappa shape index (κ2) is 10.5. The molecule has 156 valence electrons. The molecular formula is C22H28N2O5. The van der Waals surface area contributed by atoms with E-state index in [1.807, 2.05) is 39.0 Å². The lowest BCUT2D eigenvalue weighted by atomic mass is 10.1. The van der Waals surface area contributed by atoms with Gasteiger partial charge in [-0.3, -0.25) is 4.79 Å². The monoisotopic (exact) mass is 400 g/mol. The van der Waals surface area contributed by atoms with Gasteiger partial charge in [0, 0.05) is 0 Å². The van der Waals surface area contributed by atoms with Crippen molar-refractivity contribution in [2.24, 2.45) is 0 Å². The zero-order valence-electron chi connectivity index (χ0n) is 17.6. The van der Waals surface area contributed by atoms with E-state index in [-0.39, 0.29) is 24.2 Å². The van der Waals surface area contributed by atoms with Gasteiger partial charge >= 0.3 is 5.97 Å². The maximum absolute atomic E-state index is 12.6. The van der Waals surface area contributed by atoms with Crippen LogP contribution in [0.15, 0.2) is 30.3 Å². The highest BCUT2D eigenvalue weighted by Crippen LogP contribution is 2.30. The number of aryl methyl sites for hydroxylation is 1. The molecule has 0 radical (unpaired) electrons. The number of hydrogen-bond acceptors (Lipinski definition) is 6. The molecule has 0 fully saturated rings. The first-order valence-electron chi connectivity index (χ1n) is 9.76. The molecule has 29 heavy (non-hydrogen) atoms. The molecule has 1 aromatic carbocycles. The molecule has 0 aliphatic heterocycles. The molecule has 7 nitrogen and oxygen atoms in total. The van der Waals surface area contributed by atoms with Crippen LogP contribution in [-0.4, -0.2) is 36.7 Å². The first-order valence-corrected chi connectivity index (χ1v) is 9.76. The SMILES string of the molecule is CCOC(=O)c1ccc(C(=O)NC(C)c2ccc(OCC)c(OCC)c2)nc1C. The van der Waals surface area contributed by atoms with Crippen LogP contribution >= 0.6 is 0 Å². The molecule has 1 heterocycles. The summed E-state index contributed by atoms with van der Waals surface area (Å²) in [7, 11) is 0. The molecule has 0 aliphatic carbocycles. The van der Waals surface area contributed by atoms with Crippen LogP contribution in [-0.2, 0) is 4.74 Å². The van der Waals surface area contributed by atoms with Crippen molar-refractivity contribution in [2.75, 3.05) is 19.8 Å². The standard InChI is InChI=1S/C22H28N2O5/c1-6-27-19-12-9-16(13-20(19)28-7-2)14(4)24-21(25)18-11-10-17(15(5)23-18)22(26)29-8-3/h9-14H,6-8H2,1-5H3,(H,24,25). The van der Waals surface area contributed by atoms with Gasteiger partial charge in [0.25, 0.3) is 5.91 Å². The average molecular weight is 400 g/mol. The van der Waals surface area contributed by atoms with E-state index >= 15 is 0 Å². The Labute approximate surface area is 171 Å². The molecule has 0 saturated heterocycles. The normalized spacial score (nSPS) is 11.5. The molecule has 2 aromatic rings. The van der Waals surface area contributed by atoms with Crippen molar-refractivity contribution in [1.29, 1.82) is 0 Å². The van der Waals surface area contributed by atoms with Crippen LogP contribution in [0.1, 0.15) is 65.8 Å². The van der Waals surface area contributed by atoms with Crippen LogP contribution in [0.2, 0.25) is 0 Å². The quantitative estimate of drug-likeness (QED) is 0.643. The molecule has 7 heteroatoms. The number of rotatable bonds is 9.